The van der Waals surface area contributed by atoms with Gasteiger partial charge in [0, 0.05) is 38.1 Å². The van der Waals surface area contributed by atoms with Gasteiger partial charge in [-0.15, -0.1) is 35.7 Å². The van der Waals surface area contributed by atoms with Gasteiger partial charge in [-0.05, 0) is 36.8 Å². The van der Waals surface area contributed by atoms with Gasteiger partial charge >= 0.3 is 0 Å². The first-order valence-electron chi connectivity index (χ1n) is 8.35. The Morgan fingerprint density at radius 3 is 2.54 bits per heavy atom. The Morgan fingerprint density at radius 2 is 2.00 bits per heavy atom. The first-order valence-corrected chi connectivity index (χ1v) is 11.4. The summed E-state index contributed by atoms with van der Waals surface area (Å²) in [6.45, 7) is 6.30. The molecule has 0 bridgehead atoms. The summed E-state index contributed by atoms with van der Waals surface area (Å²) in [6, 6.07) is 6.42. The van der Waals surface area contributed by atoms with Crippen LogP contribution in [0.15, 0.2) is 28.1 Å². The maximum atomic E-state index is 11.6. The van der Waals surface area contributed by atoms with E-state index in [1.807, 2.05) is 6.92 Å². The van der Waals surface area contributed by atoms with Crippen molar-refractivity contribution in [1.82, 2.24) is 14.9 Å². The van der Waals surface area contributed by atoms with Crippen molar-refractivity contribution in [2.75, 3.05) is 39.2 Å². The SMILES string of the molecule is CCN(CCCNC(=NC)NCc1ccc(C)cc1SC)S(C)(=O)=O.I. The number of halogens is 1. The van der Waals surface area contributed by atoms with Crippen molar-refractivity contribution in [2.24, 2.45) is 4.99 Å². The Hall–Kier alpha value is -0.520. The molecule has 0 unspecified atom stereocenters. The second-order valence-corrected chi connectivity index (χ2v) is 8.61. The molecule has 2 N–H and O–H groups in total. The smallest absolute Gasteiger partial charge is 0.211 e. The van der Waals surface area contributed by atoms with Crippen LogP contribution in [0.1, 0.15) is 24.5 Å². The standard InChI is InChI=1S/C17H30N4O2S2.HI/c1-6-21(25(5,22)23)11-7-10-19-17(18-3)20-13-15-9-8-14(2)12-16(15)24-4;/h8-9,12H,6-7,10-11,13H2,1-5H3,(H2,18,19,20);1H. The van der Waals surface area contributed by atoms with E-state index >= 15 is 0 Å². The maximum Gasteiger partial charge on any atom is 0.211 e. The highest BCUT2D eigenvalue weighted by atomic mass is 127. The summed E-state index contributed by atoms with van der Waals surface area (Å²) in [4.78, 5) is 5.48. The lowest BCUT2D eigenvalue weighted by Gasteiger charge is -2.18. The molecule has 26 heavy (non-hydrogen) atoms. The van der Waals surface area contributed by atoms with E-state index in [1.165, 1.54) is 26.6 Å². The molecule has 1 aromatic carbocycles. The minimum absolute atomic E-state index is 0. The van der Waals surface area contributed by atoms with Gasteiger partial charge in [0.15, 0.2) is 5.96 Å². The molecule has 9 heteroatoms. The lowest BCUT2D eigenvalue weighted by Crippen LogP contribution is -2.39. The first kappa shape index (κ1) is 25.5. The van der Waals surface area contributed by atoms with Crippen molar-refractivity contribution in [3.05, 3.63) is 29.3 Å². The molecule has 0 amide bonds. The van der Waals surface area contributed by atoms with E-state index in [4.69, 9.17) is 0 Å². The van der Waals surface area contributed by atoms with E-state index in [9.17, 15) is 8.42 Å². The van der Waals surface area contributed by atoms with E-state index in [2.05, 4.69) is 47.0 Å². The summed E-state index contributed by atoms with van der Waals surface area (Å²) in [5, 5.41) is 6.54. The Balaban J connectivity index is 0.00000625. The fourth-order valence-corrected chi connectivity index (χ4v) is 4.05. The van der Waals surface area contributed by atoms with Crippen molar-refractivity contribution in [2.45, 2.75) is 31.7 Å². The van der Waals surface area contributed by atoms with Crippen molar-refractivity contribution < 1.29 is 8.42 Å². The molecular formula is C17H31IN4O2S2. The van der Waals surface area contributed by atoms with E-state index in [0.29, 0.717) is 26.2 Å². The Morgan fingerprint density at radius 1 is 1.31 bits per heavy atom. The van der Waals surface area contributed by atoms with Crippen LogP contribution in [0.4, 0.5) is 0 Å². The van der Waals surface area contributed by atoms with Crippen molar-refractivity contribution in [3.8, 4) is 0 Å². The second kappa shape index (κ2) is 12.8. The molecule has 0 radical (unpaired) electrons. The summed E-state index contributed by atoms with van der Waals surface area (Å²) < 4.78 is 24.6. The third-order valence-electron chi connectivity index (χ3n) is 3.81. The molecule has 0 atom stereocenters. The topological polar surface area (TPSA) is 73.8 Å². The summed E-state index contributed by atoms with van der Waals surface area (Å²) in [6.07, 6.45) is 4.05. The van der Waals surface area contributed by atoms with Crippen LogP contribution in [0, 0.1) is 6.92 Å². The minimum atomic E-state index is -3.12. The number of benzene rings is 1. The fraction of sp³-hybridized carbons (Fsp3) is 0.588. The lowest BCUT2D eigenvalue weighted by atomic mass is 10.1. The van der Waals surface area contributed by atoms with Crippen molar-refractivity contribution in [1.29, 1.82) is 0 Å². The molecule has 1 rings (SSSR count). The van der Waals surface area contributed by atoms with Gasteiger partial charge in [-0.3, -0.25) is 4.99 Å². The minimum Gasteiger partial charge on any atom is -0.356 e. The van der Waals surface area contributed by atoms with E-state index in [-0.39, 0.29) is 24.0 Å². The molecule has 1 aromatic rings. The van der Waals surface area contributed by atoms with Gasteiger partial charge in [-0.1, -0.05) is 19.1 Å². The van der Waals surface area contributed by atoms with Crippen LogP contribution in [-0.2, 0) is 16.6 Å². The zero-order chi connectivity index (χ0) is 18.9. The number of sulfonamides is 1. The van der Waals surface area contributed by atoms with Crippen LogP contribution >= 0.6 is 35.7 Å². The van der Waals surface area contributed by atoms with Gasteiger partial charge in [0.05, 0.1) is 6.26 Å². The first-order chi connectivity index (χ1) is 11.8. The second-order valence-electron chi connectivity index (χ2n) is 5.78. The van der Waals surface area contributed by atoms with Crippen LogP contribution in [0.25, 0.3) is 0 Å². The molecular weight excluding hydrogens is 483 g/mol. The van der Waals surface area contributed by atoms with Crippen LogP contribution in [-0.4, -0.2) is 57.9 Å². The molecule has 0 aliphatic carbocycles. The summed E-state index contributed by atoms with van der Waals surface area (Å²) in [7, 11) is -1.39. The number of aryl methyl sites for hydroxylation is 1. The van der Waals surface area contributed by atoms with Crippen LogP contribution in [0.5, 0.6) is 0 Å². The van der Waals surface area contributed by atoms with Crippen molar-refractivity contribution in [3.63, 3.8) is 0 Å². The maximum absolute atomic E-state index is 11.6. The number of nitrogens with one attached hydrogen (secondary N) is 2. The molecule has 0 heterocycles. The van der Waals surface area contributed by atoms with Gasteiger partial charge in [-0.2, -0.15) is 0 Å². The average Bonchev–Trinajstić information content (AvgIpc) is 2.57. The third-order valence-corrected chi connectivity index (χ3v) is 6.01. The molecule has 0 saturated heterocycles. The van der Waals surface area contributed by atoms with Crippen LogP contribution in [0.2, 0.25) is 0 Å². The lowest BCUT2D eigenvalue weighted by molar-refractivity contribution is 0.424. The normalized spacial score (nSPS) is 12.0. The number of guanidine groups is 1. The number of hydrogen-bond donors (Lipinski definition) is 2. The number of nitrogens with zero attached hydrogens (tertiary/aromatic N) is 2. The van der Waals surface area contributed by atoms with E-state index in [1.54, 1.807) is 18.8 Å². The Kier molecular flexibility index (Phi) is 12.5. The summed E-state index contributed by atoms with van der Waals surface area (Å²) in [5.74, 6) is 0.718. The zero-order valence-corrected chi connectivity index (χ0v) is 20.2. The van der Waals surface area contributed by atoms with Crippen molar-refractivity contribution >= 4 is 51.7 Å². The number of aliphatic imine (C=N–C) groups is 1. The fourth-order valence-electron chi connectivity index (χ4n) is 2.42. The molecule has 150 valence electrons. The highest BCUT2D eigenvalue weighted by Gasteiger charge is 2.13. The predicted octanol–water partition coefficient (Wildman–Crippen LogP) is 2.67. The van der Waals surface area contributed by atoms with Gasteiger partial charge < -0.3 is 10.6 Å². The number of rotatable bonds is 9. The highest BCUT2D eigenvalue weighted by molar-refractivity contribution is 14.0. The van der Waals surface area contributed by atoms with Crippen LogP contribution < -0.4 is 10.6 Å². The highest BCUT2D eigenvalue weighted by Crippen LogP contribution is 2.21. The largest absolute Gasteiger partial charge is 0.356 e. The molecule has 0 aliphatic rings. The average molecular weight is 514 g/mol. The quantitative estimate of drug-likeness (QED) is 0.174. The number of hydrogen-bond acceptors (Lipinski definition) is 4. The summed E-state index contributed by atoms with van der Waals surface area (Å²) in [5.41, 5.74) is 2.48. The van der Waals surface area contributed by atoms with Gasteiger partial charge in [0.25, 0.3) is 0 Å². The molecule has 0 aliphatic heterocycles. The zero-order valence-electron chi connectivity index (χ0n) is 16.2. The van der Waals surface area contributed by atoms with Gasteiger partial charge in [0.2, 0.25) is 10.0 Å². The van der Waals surface area contributed by atoms with Gasteiger partial charge in [-0.25, -0.2) is 12.7 Å². The van der Waals surface area contributed by atoms with Crippen LogP contribution in [0.3, 0.4) is 0 Å². The van der Waals surface area contributed by atoms with Gasteiger partial charge in [0.1, 0.15) is 0 Å². The monoisotopic (exact) mass is 514 g/mol. The molecule has 0 aromatic heterocycles. The Labute approximate surface area is 179 Å². The predicted molar refractivity (Wildman–Crippen MR) is 123 cm³/mol. The van der Waals surface area contributed by atoms with E-state index < -0.39 is 10.0 Å². The Bertz CT molecular complexity index is 681. The third kappa shape index (κ3) is 8.92. The molecule has 0 fully saturated rings. The summed E-state index contributed by atoms with van der Waals surface area (Å²) >= 11 is 1.74. The molecule has 0 saturated carbocycles. The molecule has 0 spiro atoms. The van der Waals surface area contributed by atoms with E-state index in [0.717, 1.165) is 12.4 Å². The molecule has 6 nitrogen and oxygen atoms in total. The number of thioether (sulfide) groups is 1.